The Kier molecular flexibility index (Phi) is 6.74. The molecular weight excluding hydrogens is 448 g/mol. The molecule has 1 atom stereocenters. The summed E-state index contributed by atoms with van der Waals surface area (Å²) in [4.78, 5) is 30.4. The van der Waals surface area contributed by atoms with Gasteiger partial charge in [-0.2, -0.15) is 0 Å². The van der Waals surface area contributed by atoms with Gasteiger partial charge in [-0.05, 0) is 36.2 Å². The number of rotatable bonds is 8. The quantitative estimate of drug-likeness (QED) is 0.533. The van der Waals surface area contributed by atoms with Gasteiger partial charge >= 0.3 is 0 Å². The summed E-state index contributed by atoms with van der Waals surface area (Å²) in [7, 11) is 1.59. The smallest absolute Gasteiger partial charge is 0.291 e. The van der Waals surface area contributed by atoms with Crippen molar-refractivity contribution >= 4 is 16.9 Å². The van der Waals surface area contributed by atoms with Gasteiger partial charge in [0.15, 0.2) is 16.9 Å². The highest BCUT2D eigenvalue weighted by atomic mass is 16.5. The summed E-state index contributed by atoms with van der Waals surface area (Å²) in [5.41, 5.74) is 1.42. The molecule has 0 unspecified atom stereocenters. The Balaban J connectivity index is 1.58. The van der Waals surface area contributed by atoms with Gasteiger partial charge in [0, 0.05) is 0 Å². The van der Waals surface area contributed by atoms with Crippen LogP contribution in [0, 0.1) is 0 Å². The molecule has 0 bridgehead atoms. The van der Waals surface area contributed by atoms with Gasteiger partial charge < -0.3 is 28.4 Å². The molecule has 0 radical (unpaired) electrons. The zero-order valence-electron chi connectivity index (χ0n) is 20.2. The number of para-hydroxylation sites is 1. The maximum atomic E-state index is 13.6. The van der Waals surface area contributed by atoms with Gasteiger partial charge in [0.1, 0.15) is 18.7 Å². The fourth-order valence-electron chi connectivity index (χ4n) is 4.92. The molecule has 0 spiro atoms. The summed E-state index contributed by atoms with van der Waals surface area (Å²) in [5, 5.41) is 0.472. The van der Waals surface area contributed by atoms with Crippen LogP contribution in [-0.2, 0) is 4.74 Å². The number of quaternary nitrogens is 1. The van der Waals surface area contributed by atoms with E-state index in [0.717, 1.165) is 44.8 Å². The lowest BCUT2D eigenvalue weighted by molar-refractivity contribution is -0.907. The molecule has 0 aliphatic carbocycles. The molecule has 2 aliphatic rings. The second-order valence-electron chi connectivity index (χ2n) is 8.94. The van der Waals surface area contributed by atoms with Gasteiger partial charge in [0.25, 0.3) is 5.91 Å². The maximum absolute atomic E-state index is 13.6. The highest BCUT2D eigenvalue weighted by molar-refractivity contribution is 5.99. The molecule has 0 saturated carbocycles. The highest BCUT2D eigenvalue weighted by Crippen LogP contribution is 2.40. The first-order valence-corrected chi connectivity index (χ1v) is 12.2. The van der Waals surface area contributed by atoms with Crippen LogP contribution in [-0.4, -0.2) is 63.9 Å². The number of amides is 1. The Morgan fingerprint density at radius 3 is 2.66 bits per heavy atom. The molecule has 2 aromatic carbocycles. The summed E-state index contributed by atoms with van der Waals surface area (Å²) in [5.74, 6) is 1.07. The number of carbonyl (C=O) groups excluding carboxylic acids is 1. The average molecular weight is 480 g/mol. The van der Waals surface area contributed by atoms with Gasteiger partial charge in [-0.15, -0.1) is 0 Å². The minimum absolute atomic E-state index is 0.126. The average Bonchev–Trinajstić information content (AvgIpc) is 3.18. The molecule has 3 heterocycles. The fraction of sp³-hybridized carbons (Fsp3) is 0.407. The van der Waals surface area contributed by atoms with Crippen LogP contribution in [0.5, 0.6) is 11.5 Å². The largest absolute Gasteiger partial charge is 0.493 e. The number of methoxy groups -OCH3 is 1. The second kappa shape index (κ2) is 10.1. The van der Waals surface area contributed by atoms with E-state index in [1.54, 1.807) is 36.3 Å². The molecule has 1 aromatic heterocycles. The molecule has 3 aromatic rings. The SMILES string of the molecule is CCCOc1ccc([C@H]2c3c(oc4ccccc4c3=O)C(=O)N2CC[NH+]2CCOCC2)cc1OC. The van der Waals surface area contributed by atoms with E-state index < -0.39 is 6.04 Å². The number of nitrogens with one attached hydrogen (secondary N) is 1. The lowest BCUT2D eigenvalue weighted by Crippen LogP contribution is -3.14. The number of ether oxygens (including phenoxy) is 3. The van der Waals surface area contributed by atoms with E-state index in [2.05, 4.69) is 0 Å². The Morgan fingerprint density at radius 1 is 1.09 bits per heavy atom. The lowest BCUT2D eigenvalue weighted by Gasteiger charge is -2.29. The zero-order chi connectivity index (χ0) is 24.4. The van der Waals surface area contributed by atoms with E-state index in [4.69, 9.17) is 18.6 Å². The number of fused-ring (bicyclic) bond motifs is 2. The standard InChI is InChI=1S/C27H30N2O6/c1-3-14-34-21-9-8-18(17-22(21)32-2)24-23-25(30)19-6-4-5-7-20(19)35-26(23)27(31)29(24)11-10-28-12-15-33-16-13-28/h4-9,17,24H,3,10-16H2,1-2H3/p+1/t24-/m0/s1. The molecule has 8 heteroatoms. The van der Waals surface area contributed by atoms with E-state index in [0.29, 0.717) is 41.2 Å². The Morgan fingerprint density at radius 2 is 1.89 bits per heavy atom. The van der Waals surface area contributed by atoms with Crippen LogP contribution in [0.4, 0.5) is 0 Å². The van der Waals surface area contributed by atoms with Gasteiger partial charge in [-0.3, -0.25) is 9.59 Å². The van der Waals surface area contributed by atoms with E-state index in [1.807, 2.05) is 25.1 Å². The third-order valence-corrected chi connectivity index (χ3v) is 6.74. The summed E-state index contributed by atoms with van der Waals surface area (Å²) < 4.78 is 22.9. The summed E-state index contributed by atoms with van der Waals surface area (Å²) in [6.45, 7) is 7.11. The number of nitrogens with zero attached hydrogens (tertiary/aromatic N) is 1. The molecule has 8 nitrogen and oxygen atoms in total. The van der Waals surface area contributed by atoms with Crippen molar-refractivity contribution in [1.82, 2.24) is 4.90 Å². The van der Waals surface area contributed by atoms with Crippen molar-refractivity contribution < 1.29 is 28.3 Å². The second-order valence-corrected chi connectivity index (χ2v) is 8.94. The van der Waals surface area contributed by atoms with Crippen molar-refractivity contribution in [3.8, 4) is 11.5 Å². The first-order valence-electron chi connectivity index (χ1n) is 12.2. The minimum atomic E-state index is -0.562. The van der Waals surface area contributed by atoms with Crippen molar-refractivity contribution in [1.29, 1.82) is 0 Å². The Bertz CT molecular complexity index is 1280. The Hall–Kier alpha value is -3.36. The van der Waals surface area contributed by atoms with E-state index >= 15 is 0 Å². The molecule has 184 valence electrons. The summed E-state index contributed by atoms with van der Waals surface area (Å²) in [6, 6.07) is 12.1. The Labute approximate surface area is 204 Å². The van der Waals surface area contributed by atoms with Crippen molar-refractivity contribution in [2.75, 3.05) is 53.1 Å². The summed E-state index contributed by atoms with van der Waals surface area (Å²) in [6.07, 6.45) is 0.876. The number of hydrogen-bond acceptors (Lipinski definition) is 6. The number of hydrogen-bond donors (Lipinski definition) is 1. The predicted octanol–water partition coefficient (Wildman–Crippen LogP) is 2.05. The van der Waals surface area contributed by atoms with Crippen LogP contribution in [0.3, 0.4) is 0 Å². The van der Waals surface area contributed by atoms with Crippen LogP contribution in [0.1, 0.15) is 41.1 Å². The van der Waals surface area contributed by atoms with Gasteiger partial charge in [-0.25, -0.2) is 0 Å². The molecule has 35 heavy (non-hydrogen) atoms. The zero-order valence-corrected chi connectivity index (χ0v) is 20.2. The van der Waals surface area contributed by atoms with Crippen molar-refractivity contribution in [2.24, 2.45) is 0 Å². The molecule has 1 N–H and O–H groups in total. The number of morpholine rings is 1. The molecule has 5 rings (SSSR count). The first-order chi connectivity index (χ1) is 17.1. The fourth-order valence-corrected chi connectivity index (χ4v) is 4.92. The van der Waals surface area contributed by atoms with Crippen molar-refractivity contribution in [2.45, 2.75) is 19.4 Å². The van der Waals surface area contributed by atoms with Crippen LogP contribution in [0.2, 0.25) is 0 Å². The first kappa shape index (κ1) is 23.4. The molecule has 1 amide bonds. The molecular formula is C27H31N2O6+. The molecule has 1 fully saturated rings. The van der Waals surface area contributed by atoms with Crippen LogP contribution in [0.15, 0.2) is 51.7 Å². The monoisotopic (exact) mass is 479 g/mol. The normalized spacial score (nSPS) is 18.2. The van der Waals surface area contributed by atoms with E-state index in [-0.39, 0.29) is 17.1 Å². The summed E-state index contributed by atoms with van der Waals surface area (Å²) >= 11 is 0. The van der Waals surface area contributed by atoms with E-state index in [1.165, 1.54) is 4.90 Å². The van der Waals surface area contributed by atoms with Crippen LogP contribution < -0.4 is 19.8 Å². The third-order valence-electron chi connectivity index (χ3n) is 6.74. The van der Waals surface area contributed by atoms with Gasteiger partial charge in [0.2, 0.25) is 5.76 Å². The maximum Gasteiger partial charge on any atom is 0.291 e. The van der Waals surface area contributed by atoms with Crippen molar-refractivity contribution in [3.63, 3.8) is 0 Å². The third kappa shape index (κ3) is 4.39. The highest BCUT2D eigenvalue weighted by Gasteiger charge is 2.43. The van der Waals surface area contributed by atoms with Gasteiger partial charge in [-0.1, -0.05) is 25.1 Å². The number of benzene rings is 2. The molecule has 1 saturated heterocycles. The van der Waals surface area contributed by atoms with Crippen molar-refractivity contribution in [3.05, 3.63) is 69.6 Å². The van der Waals surface area contributed by atoms with Crippen LogP contribution >= 0.6 is 0 Å². The topological polar surface area (TPSA) is 82.7 Å². The van der Waals surface area contributed by atoms with Crippen LogP contribution in [0.25, 0.3) is 11.0 Å². The number of carbonyl (C=O) groups is 1. The minimum Gasteiger partial charge on any atom is -0.493 e. The lowest BCUT2D eigenvalue weighted by atomic mass is 9.98. The van der Waals surface area contributed by atoms with E-state index in [9.17, 15) is 9.59 Å². The molecule has 2 aliphatic heterocycles. The predicted molar refractivity (Wildman–Crippen MR) is 131 cm³/mol. The van der Waals surface area contributed by atoms with Gasteiger partial charge in [0.05, 0.1) is 57.0 Å².